The first kappa shape index (κ1) is 25.0. The van der Waals surface area contributed by atoms with Crippen molar-refractivity contribution in [2.75, 3.05) is 6.54 Å². The Kier molecular flexibility index (Phi) is 8.23. The third-order valence-electron chi connectivity index (χ3n) is 5.97. The summed E-state index contributed by atoms with van der Waals surface area (Å²) in [4.78, 5) is 13.1. The van der Waals surface area contributed by atoms with E-state index in [0.29, 0.717) is 17.7 Å². The van der Waals surface area contributed by atoms with Gasteiger partial charge in [0.25, 0.3) is 5.91 Å². The van der Waals surface area contributed by atoms with Crippen molar-refractivity contribution in [1.29, 1.82) is 0 Å². The maximum Gasteiger partial charge on any atom is 0.253 e. The zero-order valence-corrected chi connectivity index (χ0v) is 20.2. The maximum atomic E-state index is 13.8. The van der Waals surface area contributed by atoms with Crippen LogP contribution in [0.2, 0.25) is 0 Å². The van der Waals surface area contributed by atoms with Gasteiger partial charge in [-0.15, -0.1) is 11.3 Å². The Morgan fingerprint density at radius 3 is 2.49 bits per heavy atom. The van der Waals surface area contributed by atoms with E-state index in [1.807, 2.05) is 36.4 Å². The molecule has 4 rings (SSSR count). The van der Waals surface area contributed by atoms with Gasteiger partial charge in [-0.2, -0.15) is 0 Å². The number of nitrogens with one attached hydrogen (secondary N) is 2. The van der Waals surface area contributed by atoms with Crippen LogP contribution in [0.4, 0.5) is 8.78 Å². The number of fused-ring (bicyclic) bond motifs is 1. The van der Waals surface area contributed by atoms with Gasteiger partial charge in [0.05, 0.1) is 17.7 Å². The SMILES string of the molecule is CCc1cccc(CNCC(O)C(Cc2cc(F)cc(F)c2)NC(=O)c2csc3ccccc23)c1. The highest BCUT2D eigenvalue weighted by Crippen LogP contribution is 2.25. The Morgan fingerprint density at radius 2 is 1.71 bits per heavy atom. The van der Waals surface area contributed by atoms with E-state index < -0.39 is 23.8 Å². The van der Waals surface area contributed by atoms with Crippen LogP contribution < -0.4 is 10.6 Å². The fraction of sp³-hybridized carbons (Fsp3) is 0.250. The van der Waals surface area contributed by atoms with Crippen molar-refractivity contribution >= 4 is 27.3 Å². The molecule has 0 aliphatic carbocycles. The number of thiophene rings is 1. The Hall–Kier alpha value is -3.13. The van der Waals surface area contributed by atoms with Crippen LogP contribution in [0.15, 0.2) is 72.1 Å². The molecule has 0 saturated heterocycles. The highest BCUT2D eigenvalue weighted by molar-refractivity contribution is 7.17. The number of rotatable bonds is 10. The predicted molar refractivity (Wildman–Crippen MR) is 137 cm³/mol. The molecule has 1 heterocycles. The molecule has 0 saturated carbocycles. The van der Waals surface area contributed by atoms with Crippen LogP contribution in [0.5, 0.6) is 0 Å². The summed E-state index contributed by atoms with van der Waals surface area (Å²) in [5, 5.41) is 19.7. The van der Waals surface area contributed by atoms with Crippen molar-refractivity contribution in [3.8, 4) is 0 Å². The van der Waals surface area contributed by atoms with Crippen LogP contribution in [0.3, 0.4) is 0 Å². The van der Waals surface area contributed by atoms with Crippen molar-refractivity contribution in [1.82, 2.24) is 10.6 Å². The van der Waals surface area contributed by atoms with E-state index in [9.17, 15) is 18.7 Å². The fourth-order valence-electron chi connectivity index (χ4n) is 4.13. The van der Waals surface area contributed by atoms with Gasteiger partial charge in [-0.3, -0.25) is 4.79 Å². The standard InChI is InChI=1S/C28H28F2N2O2S/c1-2-18-6-5-7-19(10-18)15-31-16-26(33)25(13-20-11-21(29)14-22(30)12-20)32-28(34)24-17-35-27-9-4-3-8-23(24)27/h3-12,14,17,25-26,31,33H,2,13,15-16H2,1H3,(H,32,34). The molecule has 0 radical (unpaired) electrons. The summed E-state index contributed by atoms with van der Waals surface area (Å²) in [6, 6.07) is 18.3. The number of carbonyl (C=O) groups is 1. The largest absolute Gasteiger partial charge is 0.390 e. The number of carbonyl (C=O) groups excluding carboxylic acids is 1. The summed E-state index contributed by atoms with van der Waals surface area (Å²) >= 11 is 1.47. The fourth-order valence-corrected chi connectivity index (χ4v) is 5.07. The summed E-state index contributed by atoms with van der Waals surface area (Å²) < 4.78 is 28.6. The molecule has 2 unspecified atom stereocenters. The van der Waals surface area contributed by atoms with E-state index in [-0.39, 0.29) is 18.9 Å². The summed E-state index contributed by atoms with van der Waals surface area (Å²) in [5.74, 6) is -1.73. The number of aryl methyl sites for hydroxylation is 1. The first-order chi connectivity index (χ1) is 16.9. The summed E-state index contributed by atoms with van der Waals surface area (Å²) in [7, 11) is 0. The van der Waals surface area contributed by atoms with Crippen LogP contribution in [0.25, 0.3) is 10.1 Å². The average Bonchev–Trinajstić information content (AvgIpc) is 3.27. The Labute approximate surface area is 207 Å². The lowest BCUT2D eigenvalue weighted by molar-refractivity contribution is 0.0831. The minimum Gasteiger partial charge on any atom is -0.390 e. The second kappa shape index (κ2) is 11.5. The Bertz CT molecular complexity index is 1290. The van der Waals surface area contributed by atoms with Crippen molar-refractivity contribution in [2.45, 2.75) is 38.5 Å². The molecular weight excluding hydrogens is 466 g/mol. The maximum absolute atomic E-state index is 13.8. The lowest BCUT2D eigenvalue weighted by Gasteiger charge is -2.25. The van der Waals surface area contributed by atoms with Crippen molar-refractivity contribution in [3.63, 3.8) is 0 Å². The molecule has 4 aromatic rings. The van der Waals surface area contributed by atoms with Gasteiger partial charge < -0.3 is 15.7 Å². The van der Waals surface area contributed by atoms with Crippen LogP contribution in [0, 0.1) is 11.6 Å². The quantitative estimate of drug-likeness (QED) is 0.283. The van der Waals surface area contributed by atoms with E-state index in [0.717, 1.165) is 28.1 Å². The number of amides is 1. The van der Waals surface area contributed by atoms with Crippen LogP contribution in [-0.2, 0) is 19.4 Å². The minimum atomic E-state index is -0.982. The van der Waals surface area contributed by atoms with Crippen LogP contribution >= 0.6 is 11.3 Å². The molecule has 0 aliphatic rings. The smallest absolute Gasteiger partial charge is 0.253 e. The van der Waals surface area contributed by atoms with Gasteiger partial charge in [0.2, 0.25) is 0 Å². The molecule has 0 bridgehead atoms. The third kappa shape index (κ3) is 6.51. The first-order valence-electron chi connectivity index (χ1n) is 11.6. The third-order valence-corrected chi connectivity index (χ3v) is 6.93. The van der Waals surface area contributed by atoms with Gasteiger partial charge in [-0.25, -0.2) is 8.78 Å². The zero-order valence-electron chi connectivity index (χ0n) is 19.4. The molecule has 1 amide bonds. The van der Waals surface area contributed by atoms with E-state index in [1.54, 1.807) is 5.38 Å². The predicted octanol–water partition coefficient (Wildman–Crippen LogP) is 5.23. The summed E-state index contributed by atoms with van der Waals surface area (Å²) in [5.41, 5.74) is 3.19. The van der Waals surface area contributed by atoms with Gasteiger partial charge >= 0.3 is 0 Å². The van der Waals surface area contributed by atoms with Crippen LogP contribution in [-0.4, -0.2) is 29.7 Å². The molecule has 0 fully saturated rings. The molecule has 7 heteroatoms. The normalized spacial score (nSPS) is 13.0. The highest BCUT2D eigenvalue weighted by atomic mass is 32.1. The Morgan fingerprint density at radius 1 is 0.971 bits per heavy atom. The molecule has 4 nitrogen and oxygen atoms in total. The molecule has 3 N–H and O–H groups in total. The lowest BCUT2D eigenvalue weighted by Crippen LogP contribution is -2.48. The second-order valence-electron chi connectivity index (χ2n) is 8.58. The molecule has 0 aliphatic heterocycles. The molecule has 3 aromatic carbocycles. The molecule has 1 aromatic heterocycles. The molecule has 182 valence electrons. The number of halogens is 2. The minimum absolute atomic E-state index is 0.0800. The summed E-state index contributed by atoms with van der Waals surface area (Å²) in [6.07, 6.45) is 0.0346. The van der Waals surface area contributed by atoms with E-state index in [1.165, 1.54) is 29.0 Å². The zero-order chi connectivity index (χ0) is 24.8. The van der Waals surface area contributed by atoms with Gasteiger partial charge in [-0.1, -0.05) is 49.4 Å². The average molecular weight is 495 g/mol. The van der Waals surface area contributed by atoms with Gasteiger partial charge in [-0.05, 0) is 47.7 Å². The first-order valence-corrected chi connectivity index (χ1v) is 12.5. The molecule has 0 spiro atoms. The van der Waals surface area contributed by atoms with E-state index in [2.05, 4.69) is 29.7 Å². The topological polar surface area (TPSA) is 61.4 Å². The molecule has 2 atom stereocenters. The van der Waals surface area contributed by atoms with Crippen molar-refractivity contribution < 1.29 is 18.7 Å². The van der Waals surface area contributed by atoms with E-state index in [4.69, 9.17) is 0 Å². The molecule has 35 heavy (non-hydrogen) atoms. The number of aliphatic hydroxyl groups excluding tert-OH is 1. The monoisotopic (exact) mass is 494 g/mol. The Balaban J connectivity index is 1.49. The van der Waals surface area contributed by atoms with Crippen molar-refractivity contribution in [2.24, 2.45) is 0 Å². The van der Waals surface area contributed by atoms with Crippen molar-refractivity contribution in [3.05, 3.63) is 106 Å². The number of hydrogen-bond acceptors (Lipinski definition) is 4. The number of hydrogen-bond donors (Lipinski definition) is 3. The summed E-state index contributed by atoms with van der Waals surface area (Å²) in [6.45, 7) is 2.84. The van der Waals surface area contributed by atoms with Gasteiger partial charge in [0.1, 0.15) is 11.6 Å². The highest BCUT2D eigenvalue weighted by Gasteiger charge is 2.24. The van der Waals surface area contributed by atoms with E-state index >= 15 is 0 Å². The van der Waals surface area contributed by atoms with Gasteiger partial charge in [0, 0.05) is 34.6 Å². The number of aliphatic hydroxyl groups is 1. The van der Waals surface area contributed by atoms with Gasteiger partial charge in [0.15, 0.2) is 0 Å². The molecular formula is C28H28F2N2O2S. The van der Waals surface area contributed by atoms with Crippen LogP contribution in [0.1, 0.15) is 34.0 Å². The second-order valence-corrected chi connectivity index (χ2v) is 9.49. The number of benzene rings is 3. The lowest BCUT2D eigenvalue weighted by atomic mass is 10.00.